The van der Waals surface area contributed by atoms with E-state index in [-0.39, 0.29) is 17.9 Å². The van der Waals surface area contributed by atoms with Crippen LogP contribution in [-0.4, -0.2) is 40.5 Å². The van der Waals surface area contributed by atoms with Crippen molar-refractivity contribution in [2.24, 2.45) is 0 Å². The molecule has 1 atom stereocenters. The maximum Gasteiger partial charge on any atom is 0.405 e. The second-order valence-corrected chi connectivity index (χ2v) is 3.55. The van der Waals surface area contributed by atoms with Gasteiger partial charge in [-0.3, -0.25) is 0 Å². The molecule has 7 nitrogen and oxygen atoms in total. The first-order chi connectivity index (χ1) is 8.43. The van der Waals surface area contributed by atoms with Crippen molar-refractivity contribution < 1.29 is 29.6 Å². The van der Waals surface area contributed by atoms with E-state index in [9.17, 15) is 14.7 Å². The summed E-state index contributed by atoms with van der Waals surface area (Å²) >= 11 is 0. The van der Waals surface area contributed by atoms with Gasteiger partial charge in [-0.05, 0) is 17.7 Å². The molecule has 0 aliphatic heterocycles. The number of aromatic hydroxyl groups is 2. The molecular formula is C11H13NO6. The van der Waals surface area contributed by atoms with E-state index in [2.05, 4.69) is 4.74 Å². The minimum atomic E-state index is -1.35. The van der Waals surface area contributed by atoms with Crippen LogP contribution in [0, 0.1) is 0 Å². The number of hydrogen-bond donors (Lipinski definition) is 4. The number of carbonyl (C=O) groups is 2. The molecule has 0 spiro atoms. The molecule has 1 aromatic carbocycles. The Bertz CT molecular complexity index is 459. The molecule has 0 aromatic heterocycles. The molecule has 0 bridgehead atoms. The lowest BCUT2D eigenvalue weighted by molar-refractivity contribution is -0.142. The van der Waals surface area contributed by atoms with E-state index in [0.29, 0.717) is 5.56 Å². The molecule has 4 N–H and O–H groups in total. The fraction of sp³-hybridized carbons (Fsp3) is 0.273. The number of esters is 1. The standard InChI is InChI=1S/C11H13NO6/c1-18-10(15)7(12-11(16)17)4-6-2-3-8(13)9(14)5-6/h2-3,5,7,12-14H,4H2,1H3,(H,16,17). The molecular weight excluding hydrogens is 242 g/mol. The zero-order chi connectivity index (χ0) is 13.7. The van der Waals surface area contributed by atoms with E-state index in [0.717, 1.165) is 7.11 Å². The van der Waals surface area contributed by atoms with Gasteiger partial charge in [0.05, 0.1) is 7.11 Å². The summed E-state index contributed by atoms with van der Waals surface area (Å²) < 4.78 is 4.46. The van der Waals surface area contributed by atoms with Gasteiger partial charge in [-0.25, -0.2) is 9.59 Å². The Morgan fingerprint density at radius 3 is 2.50 bits per heavy atom. The van der Waals surface area contributed by atoms with E-state index in [4.69, 9.17) is 10.2 Å². The number of methoxy groups -OCH3 is 1. The summed E-state index contributed by atoms with van der Waals surface area (Å²) in [6.07, 6.45) is -1.35. The highest BCUT2D eigenvalue weighted by Crippen LogP contribution is 2.25. The normalized spacial score (nSPS) is 11.6. The molecule has 0 radical (unpaired) electrons. The Morgan fingerprint density at radius 2 is 2.00 bits per heavy atom. The first-order valence-electron chi connectivity index (χ1n) is 5.02. The van der Waals surface area contributed by atoms with Crippen LogP contribution in [0.25, 0.3) is 0 Å². The van der Waals surface area contributed by atoms with Crippen LogP contribution in [0.3, 0.4) is 0 Å². The monoisotopic (exact) mass is 255 g/mol. The van der Waals surface area contributed by atoms with E-state index in [1.807, 2.05) is 5.32 Å². The van der Waals surface area contributed by atoms with Crippen LogP contribution in [0.15, 0.2) is 18.2 Å². The number of hydrogen-bond acceptors (Lipinski definition) is 5. The van der Waals surface area contributed by atoms with Gasteiger partial charge in [0.25, 0.3) is 0 Å². The first-order valence-corrected chi connectivity index (χ1v) is 5.02. The fourth-order valence-corrected chi connectivity index (χ4v) is 1.42. The van der Waals surface area contributed by atoms with Crippen LogP contribution in [0.4, 0.5) is 4.79 Å². The molecule has 98 valence electrons. The van der Waals surface area contributed by atoms with Gasteiger partial charge in [0.2, 0.25) is 0 Å². The van der Waals surface area contributed by atoms with Gasteiger partial charge < -0.3 is 25.4 Å². The van der Waals surface area contributed by atoms with Gasteiger partial charge in [-0.15, -0.1) is 0 Å². The lowest BCUT2D eigenvalue weighted by atomic mass is 10.1. The molecule has 0 saturated heterocycles. The predicted molar refractivity (Wildman–Crippen MR) is 60.4 cm³/mol. The highest BCUT2D eigenvalue weighted by atomic mass is 16.5. The van der Waals surface area contributed by atoms with Crippen molar-refractivity contribution in [3.63, 3.8) is 0 Å². The smallest absolute Gasteiger partial charge is 0.405 e. The number of nitrogens with one attached hydrogen (secondary N) is 1. The van der Waals surface area contributed by atoms with Gasteiger partial charge >= 0.3 is 12.1 Å². The van der Waals surface area contributed by atoms with Crippen LogP contribution in [0.1, 0.15) is 5.56 Å². The molecule has 0 aliphatic rings. The number of ether oxygens (including phenoxy) is 1. The number of phenols is 2. The summed E-state index contributed by atoms with van der Waals surface area (Å²) in [4.78, 5) is 21.9. The molecule has 1 amide bonds. The quantitative estimate of drug-likeness (QED) is 0.458. The number of benzene rings is 1. The summed E-state index contributed by atoms with van der Waals surface area (Å²) in [5.74, 6) is -1.36. The van der Waals surface area contributed by atoms with E-state index >= 15 is 0 Å². The van der Waals surface area contributed by atoms with Gasteiger partial charge in [0.15, 0.2) is 11.5 Å². The van der Waals surface area contributed by atoms with Crippen molar-refractivity contribution in [3.05, 3.63) is 23.8 Å². The highest BCUT2D eigenvalue weighted by molar-refractivity contribution is 5.81. The maximum atomic E-state index is 11.3. The molecule has 1 unspecified atom stereocenters. The molecule has 0 aliphatic carbocycles. The number of carbonyl (C=O) groups excluding carboxylic acids is 1. The summed E-state index contributed by atoms with van der Waals surface area (Å²) in [5, 5.41) is 29.0. The molecule has 0 saturated carbocycles. The predicted octanol–water partition coefficient (Wildman–Crippen LogP) is 0.449. The SMILES string of the molecule is COC(=O)C(Cc1ccc(O)c(O)c1)NC(=O)O. The van der Waals surface area contributed by atoms with Crippen LogP contribution >= 0.6 is 0 Å². The summed E-state index contributed by atoms with van der Waals surface area (Å²) in [5.41, 5.74) is 0.481. The van der Waals surface area contributed by atoms with Crippen molar-refractivity contribution in [1.82, 2.24) is 5.32 Å². The molecule has 0 fully saturated rings. The van der Waals surface area contributed by atoms with Crippen LogP contribution in [-0.2, 0) is 16.0 Å². The Balaban J connectivity index is 2.85. The average molecular weight is 255 g/mol. The van der Waals surface area contributed by atoms with Gasteiger partial charge in [0.1, 0.15) is 6.04 Å². The van der Waals surface area contributed by atoms with Crippen LogP contribution in [0.2, 0.25) is 0 Å². The van der Waals surface area contributed by atoms with Gasteiger partial charge in [-0.2, -0.15) is 0 Å². The Hall–Kier alpha value is -2.44. The second kappa shape index (κ2) is 5.76. The van der Waals surface area contributed by atoms with Crippen molar-refractivity contribution in [1.29, 1.82) is 0 Å². The molecule has 0 heterocycles. The number of carboxylic acid groups (broad SMARTS) is 1. The zero-order valence-corrected chi connectivity index (χ0v) is 9.58. The third kappa shape index (κ3) is 3.55. The van der Waals surface area contributed by atoms with Crippen molar-refractivity contribution in [2.75, 3.05) is 7.11 Å². The topological polar surface area (TPSA) is 116 Å². The minimum absolute atomic E-state index is 0.00676. The van der Waals surface area contributed by atoms with Crippen LogP contribution < -0.4 is 5.32 Å². The molecule has 7 heteroatoms. The maximum absolute atomic E-state index is 11.3. The summed E-state index contributed by atoms with van der Waals surface area (Å²) in [7, 11) is 1.15. The van der Waals surface area contributed by atoms with Gasteiger partial charge in [0, 0.05) is 6.42 Å². The number of rotatable bonds is 4. The van der Waals surface area contributed by atoms with E-state index in [1.165, 1.54) is 18.2 Å². The zero-order valence-electron chi connectivity index (χ0n) is 9.58. The Kier molecular flexibility index (Phi) is 4.36. The lowest BCUT2D eigenvalue weighted by Gasteiger charge is -2.14. The first kappa shape index (κ1) is 13.6. The minimum Gasteiger partial charge on any atom is -0.504 e. The third-order valence-electron chi connectivity index (χ3n) is 2.26. The highest BCUT2D eigenvalue weighted by Gasteiger charge is 2.21. The Morgan fingerprint density at radius 1 is 1.33 bits per heavy atom. The van der Waals surface area contributed by atoms with Crippen molar-refractivity contribution in [2.45, 2.75) is 12.5 Å². The third-order valence-corrected chi connectivity index (χ3v) is 2.26. The average Bonchev–Trinajstić information content (AvgIpc) is 2.31. The molecule has 1 aromatic rings. The Labute approximate surface area is 103 Å². The van der Waals surface area contributed by atoms with Crippen molar-refractivity contribution in [3.8, 4) is 11.5 Å². The molecule has 1 rings (SSSR count). The van der Waals surface area contributed by atoms with Crippen LogP contribution in [0.5, 0.6) is 11.5 Å². The van der Waals surface area contributed by atoms with Gasteiger partial charge in [-0.1, -0.05) is 6.07 Å². The largest absolute Gasteiger partial charge is 0.504 e. The lowest BCUT2D eigenvalue weighted by Crippen LogP contribution is -2.42. The summed E-state index contributed by atoms with van der Waals surface area (Å²) in [6, 6.07) is 2.89. The summed E-state index contributed by atoms with van der Waals surface area (Å²) in [6.45, 7) is 0. The number of amides is 1. The fourth-order valence-electron chi connectivity index (χ4n) is 1.42. The van der Waals surface area contributed by atoms with E-state index in [1.54, 1.807) is 0 Å². The molecule has 18 heavy (non-hydrogen) atoms. The second-order valence-electron chi connectivity index (χ2n) is 3.55. The van der Waals surface area contributed by atoms with E-state index < -0.39 is 18.1 Å². The van der Waals surface area contributed by atoms with Crippen molar-refractivity contribution >= 4 is 12.1 Å². The number of phenolic OH excluding ortho intramolecular Hbond substituents is 2.